The van der Waals surface area contributed by atoms with E-state index < -0.39 is 18.9 Å². The molecule has 2 nitrogen and oxygen atoms in total. The summed E-state index contributed by atoms with van der Waals surface area (Å²) >= 11 is 0. The van der Waals surface area contributed by atoms with Crippen molar-refractivity contribution in [1.82, 2.24) is 4.31 Å². The van der Waals surface area contributed by atoms with Gasteiger partial charge in [-0.05, 0) is 66.7 Å². The summed E-state index contributed by atoms with van der Waals surface area (Å²) < 4.78 is 15.5. The van der Waals surface area contributed by atoms with Crippen LogP contribution in [0.1, 0.15) is 64.3 Å². The van der Waals surface area contributed by atoms with Crippen molar-refractivity contribution in [2.24, 2.45) is 0 Å². The molecule has 4 aromatic rings. The third-order valence-electron chi connectivity index (χ3n) is 6.74. The molecule has 0 radical (unpaired) electrons. The van der Waals surface area contributed by atoms with Gasteiger partial charge >= 0.3 is 0 Å². The number of rotatable bonds is 7. The number of nitrogens with zero attached hydrogens (tertiary/aromatic N) is 1. The quantitative estimate of drug-likeness (QED) is 0.226. The molecule has 38 heavy (non-hydrogen) atoms. The molecule has 0 bridgehead atoms. The lowest BCUT2D eigenvalue weighted by Crippen LogP contribution is -2.39. The van der Waals surface area contributed by atoms with Crippen molar-refractivity contribution in [2.45, 2.75) is 57.7 Å². The molecule has 0 unspecified atom stereocenters. The van der Waals surface area contributed by atoms with Gasteiger partial charge in [-0.25, -0.2) is 8.51 Å². The Balaban J connectivity index is 1.94. The molecule has 2 atom stereocenters. The van der Waals surface area contributed by atoms with Crippen LogP contribution in [0.4, 0.5) is 0 Å². The third-order valence-corrected chi connectivity index (χ3v) is 11.0. The lowest BCUT2D eigenvalue weighted by Gasteiger charge is -2.35. The first-order valence-corrected chi connectivity index (χ1v) is 15.7. The Labute approximate surface area is 233 Å². The normalized spacial score (nSPS) is 14.0. The highest BCUT2D eigenvalue weighted by Crippen LogP contribution is 2.39. The number of benzene rings is 4. The Morgan fingerprint density at radius 2 is 1.13 bits per heavy atom. The molecular formula is C34H40NOPS. The Morgan fingerprint density at radius 1 is 0.658 bits per heavy atom. The van der Waals surface area contributed by atoms with E-state index in [-0.39, 0.29) is 16.2 Å². The zero-order valence-corrected chi connectivity index (χ0v) is 25.4. The molecule has 0 fully saturated rings. The van der Waals surface area contributed by atoms with Gasteiger partial charge in [0.25, 0.3) is 0 Å². The molecule has 0 aromatic heterocycles. The fourth-order valence-corrected chi connectivity index (χ4v) is 8.56. The van der Waals surface area contributed by atoms with Gasteiger partial charge in [-0.1, -0.05) is 130 Å². The Bertz CT molecular complexity index is 1320. The van der Waals surface area contributed by atoms with Crippen molar-refractivity contribution in [3.05, 3.63) is 126 Å². The lowest BCUT2D eigenvalue weighted by atomic mass is 9.86. The second-order valence-electron chi connectivity index (χ2n) is 11.7. The van der Waals surface area contributed by atoms with Crippen molar-refractivity contribution in [3.8, 4) is 0 Å². The maximum absolute atomic E-state index is 13.8. The van der Waals surface area contributed by atoms with Crippen molar-refractivity contribution in [3.63, 3.8) is 0 Å². The van der Waals surface area contributed by atoms with Gasteiger partial charge in [0.2, 0.25) is 0 Å². The smallest absolute Gasteiger partial charge is 0.100 e. The highest BCUT2D eigenvalue weighted by atomic mass is 32.2. The fraction of sp³-hybridized carbons (Fsp3) is 0.294. The van der Waals surface area contributed by atoms with Gasteiger partial charge in [-0.2, -0.15) is 0 Å². The van der Waals surface area contributed by atoms with E-state index in [0.717, 1.165) is 5.56 Å². The summed E-state index contributed by atoms with van der Waals surface area (Å²) in [7, 11) is -0.00989. The third kappa shape index (κ3) is 6.34. The van der Waals surface area contributed by atoms with E-state index in [4.69, 9.17) is 0 Å². The summed E-state index contributed by atoms with van der Waals surface area (Å²) in [5.74, 6) is 0. The van der Waals surface area contributed by atoms with Crippen LogP contribution in [0.5, 0.6) is 0 Å². The molecule has 4 aromatic carbocycles. The molecule has 0 amide bonds. The lowest BCUT2D eigenvalue weighted by molar-refractivity contribution is 0.441. The minimum absolute atomic E-state index is 0.0704. The van der Waals surface area contributed by atoms with Crippen LogP contribution in [0.2, 0.25) is 0 Å². The van der Waals surface area contributed by atoms with Crippen molar-refractivity contribution >= 4 is 34.8 Å². The van der Waals surface area contributed by atoms with Gasteiger partial charge in [0.15, 0.2) is 0 Å². The number of hydrogen-bond acceptors (Lipinski definition) is 1. The van der Waals surface area contributed by atoms with Crippen LogP contribution in [0, 0.1) is 0 Å². The zero-order chi connectivity index (χ0) is 27.5. The van der Waals surface area contributed by atoms with Crippen LogP contribution >= 0.6 is 7.92 Å². The molecule has 4 rings (SSSR count). The van der Waals surface area contributed by atoms with Crippen molar-refractivity contribution in [2.75, 3.05) is 7.05 Å². The van der Waals surface area contributed by atoms with Gasteiger partial charge in [-0.3, -0.25) is 0 Å². The Hall–Kier alpha value is -2.58. The number of hydrogen-bond donors (Lipinski definition) is 0. The van der Waals surface area contributed by atoms with Crippen LogP contribution in [-0.2, 0) is 16.4 Å². The first-order chi connectivity index (χ1) is 18.0. The molecule has 0 saturated carbocycles. The predicted molar refractivity (Wildman–Crippen MR) is 168 cm³/mol. The van der Waals surface area contributed by atoms with E-state index in [0.29, 0.717) is 0 Å². The average molecular weight is 542 g/mol. The van der Waals surface area contributed by atoms with Gasteiger partial charge in [0.05, 0.1) is 10.8 Å². The first-order valence-electron chi connectivity index (χ1n) is 13.2. The van der Waals surface area contributed by atoms with E-state index in [1.807, 2.05) is 27.8 Å². The Morgan fingerprint density at radius 3 is 1.61 bits per heavy atom. The van der Waals surface area contributed by atoms with Crippen LogP contribution in [0.15, 0.2) is 109 Å². The molecule has 0 saturated heterocycles. The van der Waals surface area contributed by atoms with E-state index in [9.17, 15) is 4.21 Å². The summed E-state index contributed by atoms with van der Waals surface area (Å²) in [4.78, 5) is 0. The first kappa shape index (κ1) is 28.4. The van der Waals surface area contributed by atoms with E-state index >= 15 is 0 Å². The van der Waals surface area contributed by atoms with Crippen LogP contribution in [-0.4, -0.2) is 20.3 Å². The maximum Gasteiger partial charge on any atom is 0.100 e. The molecule has 0 aliphatic rings. The summed E-state index contributed by atoms with van der Waals surface area (Å²) in [6.45, 7) is 12.9. The average Bonchev–Trinajstić information content (AvgIpc) is 2.90. The molecule has 0 aliphatic carbocycles. The predicted octanol–water partition coefficient (Wildman–Crippen LogP) is 7.23. The fourth-order valence-electron chi connectivity index (χ4n) is 4.78. The minimum Gasteiger partial charge on any atom is -0.242 e. The van der Waals surface area contributed by atoms with Crippen LogP contribution < -0.4 is 15.9 Å². The summed E-state index contributed by atoms with van der Waals surface area (Å²) in [6.07, 6.45) is 0. The van der Waals surface area contributed by atoms with E-state index in [1.165, 1.54) is 27.0 Å². The van der Waals surface area contributed by atoms with Gasteiger partial charge in [0.1, 0.15) is 11.0 Å². The van der Waals surface area contributed by atoms with E-state index in [1.54, 1.807) is 0 Å². The van der Waals surface area contributed by atoms with Crippen LogP contribution in [0.3, 0.4) is 0 Å². The maximum atomic E-state index is 13.8. The molecule has 0 spiro atoms. The monoisotopic (exact) mass is 541 g/mol. The van der Waals surface area contributed by atoms with Crippen molar-refractivity contribution < 1.29 is 4.21 Å². The molecular weight excluding hydrogens is 501 g/mol. The summed E-state index contributed by atoms with van der Waals surface area (Å²) in [5.41, 5.74) is 3.72. The van der Waals surface area contributed by atoms with Gasteiger partial charge < -0.3 is 0 Å². The van der Waals surface area contributed by atoms with Gasteiger partial charge in [0, 0.05) is 7.05 Å². The largest absolute Gasteiger partial charge is 0.242 e. The molecule has 0 heterocycles. The molecule has 198 valence electrons. The SMILES string of the molecule is CN([C@@H](c1ccc(C(C)(C)C)cc1)c1ccccc1P(c1ccccc1)c1ccccc1)[S@](=O)C(C)(C)C. The summed E-state index contributed by atoms with van der Waals surface area (Å²) in [6, 6.07) is 39.1. The zero-order valence-electron chi connectivity index (χ0n) is 23.7. The van der Waals surface area contributed by atoms with Gasteiger partial charge in [-0.15, -0.1) is 0 Å². The van der Waals surface area contributed by atoms with Crippen LogP contribution in [0.25, 0.3) is 0 Å². The van der Waals surface area contributed by atoms with E-state index in [2.05, 4.69) is 134 Å². The highest BCUT2D eigenvalue weighted by Gasteiger charge is 2.33. The second kappa shape index (κ2) is 11.7. The minimum atomic E-state index is -1.21. The standard InChI is InChI=1S/C34H40NOPS/c1-33(2,3)27-24-22-26(23-25-27)32(35(7)38(36)34(4,5)6)30-20-14-15-21-31(30)37(28-16-10-8-11-17-28)29-18-12-9-13-19-29/h8-25,32H,1-7H3/t32-,38+/m0/s1. The summed E-state index contributed by atoms with van der Waals surface area (Å²) in [5, 5.41) is 3.91. The molecule has 0 N–H and O–H groups in total. The highest BCUT2D eigenvalue weighted by molar-refractivity contribution is 7.84. The molecule has 0 aliphatic heterocycles. The second-order valence-corrected chi connectivity index (χ2v) is 16.2. The Kier molecular flexibility index (Phi) is 8.72. The topological polar surface area (TPSA) is 20.3 Å². The molecule has 4 heteroatoms. The van der Waals surface area contributed by atoms with Crippen molar-refractivity contribution in [1.29, 1.82) is 0 Å².